The molecular formula is C21H21N3O3. The monoisotopic (exact) mass is 363 g/mol. The van der Waals surface area contributed by atoms with Crippen LogP contribution in [0.25, 0.3) is 0 Å². The molecule has 1 aliphatic rings. The number of nitrogens with zero attached hydrogens (tertiary/aromatic N) is 2. The second-order valence-electron chi connectivity index (χ2n) is 6.59. The zero-order valence-electron chi connectivity index (χ0n) is 15.5. The van der Waals surface area contributed by atoms with Crippen LogP contribution in [-0.2, 0) is 9.59 Å². The summed E-state index contributed by atoms with van der Waals surface area (Å²) in [5.74, 6) is -2.36. The van der Waals surface area contributed by atoms with Gasteiger partial charge in [-0.1, -0.05) is 48.0 Å². The Labute approximate surface area is 157 Å². The molecule has 1 saturated heterocycles. The molecule has 0 spiro atoms. The average Bonchev–Trinajstić information content (AvgIpc) is 2.63. The number of imide groups is 2. The molecule has 1 aliphatic heterocycles. The minimum absolute atomic E-state index is 0.211. The van der Waals surface area contributed by atoms with Crippen LogP contribution in [0.15, 0.2) is 59.6 Å². The number of carbonyl (C=O) groups is 3. The number of urea groups is 1. The van der Waals surface area contributed by atoms with Gasteiger partial charge in [-0.05, 0) is 38.5 Å². The van der Waals surface area contributed by atoms with Gasteiger partial charge in [-0.3, -0.25) is 19.9 Å². The fourth-order valence-corrected chi connectivity index (χ4v) is 3.07. The van der Waals surface area contributed by atoms with Crippen LogP contribution in [0.2, 0.25) is 0 Å². The van der Waals surface area contributed by atoms with E-state index in [1.807, 2.05) is 44.2 Å². The minimum atomic E-state index is -1.13. The summed E-state index contributed by atoms with van der Waals surface area (Å²) in [6.07, 6.45) is 0. The molecule has 6 heteroatoms. The fraction of sp³-hybridized carbons (Fsp3) is 0.238. The van der Waals surface area contributed by atoms with Crippen molar-refractivity contribution in [3.05, 3.63) is 65.7 Å². The molecule has 0 saturated carbocycles. The first-order valence-electron chi connectivity index (χ1n) is 8.73. The molecule has 1 N–H and O–H groups in total. The maximum atomic E-state index is 13.0. The van der Waals surface area contributed by atoms with Crippen molar-refractivity contribution >= 4 is 29.2 Å². The molecule has 3 rings (SSSR count). The van der Waals surface area contributed by atoms with Crippen LogP contribution < -0.4 is 10.2 Å². The summed E-state index contributed by atoms with van der Waals surface area (Å²) in [4.78, 5) is 43.1. The lowest BCUT2D eigenvalue weighted by atomic mass is 9.98. The van der Waals surface area contributed by atoms with Gasteiger partial charge in [0.05, 0.1) is 11.7 Å². The van der Waals surface area contributed by atoms with E-state index in [0.29, 0.717) is 11.4 Å². The van der Waals surface area contributed by atoms with Gasteiger partial charge >= 0.3 is 6.03 Å². The molecule has 138 valence electrons. The van der Waals surface area contributed by atoms with Crippen molar-refractivity contribution in [3.63, 3.8) is 0 Å². The average molecular weight is 363 g/mol. The van der Waals surface area contributed by atoms with E-state index in [4.69, 9.17) is 0 Å². The van der Waals surface area contributed by atoms with Gasteiger partial charge < -0.3 is 0 Å². The summed E-state index contributed by atoms with van der Waals surface area (Å²) in [6.45, 7) is 5.45. The number of aryl methyl sites for hydroxylation is 1. The lowest BCUT2D eigenvalue weighted by molar-refractivity contribution is -0.131. The van der Waals surface area contributed by atoms with Gasteiger partial charge in [-0.2, -0.15) is 0 Å². The zero-order valence-corrected chi connectivity index (χ0v) is 15.5. The number of hydrogen-bond donors (Lipinski definition) is 1. The third-order valence-electron chi connectivity index (χ3n) is 4.55. The molecule has 1 heterocycles. The van der Waals surface area contributed by atoms with E-state index < -0.39 is 23.8 Å². The predicted octanol–water partition coefficient (Wildman–Crippen LogP) is 3.42. The molecule has 0 radical (unpaired) electrons. The zero-order chi connectivity index (χ0) is 19.6. The highest BCUT2D eigenvalue weighted by atomic mass is 16.2. The first-order chi connectivity index (χ1) is 12.9. The van der Waals surface area contributed by atoms with Crippen LogP contribution in [0.5, 0.6) is 0 Å². The van der Waals surface area contributed by atoms with Crippen molar-refractivity contribution < 1.29 is 14.4 Å². The largest absolute Gasteiger partial charge is 0.335 e. The lowest BCUT2D eigenvalue weighted by Gasteiger charge is -2.30. The number of barbiturate groups is 1. The quantitative estimate of drug-likeness (QED) is 0.668. The number of anilines is 1. The molecule has 0 unspecified atom stereocenters. The lowest BCUT2D eigenvalue weighted by Crippen LogP contribution is -2.60. The predicted molar refractivity (Wildman–Crippen MR) is 104 cm³/mol. The summed E-state index contributed by atoms with van der Waals surface area (Å²) in [6, 6.07) is 15.6. The molecule has 2 atom stereocenters. The third kappa shape index (κ3) is 3.79. The summed E-state index contributed by atoms with van der Waals surface area (Å²) >= 11 is 0. The van der Waals surface area contributed by atoms with Crippen molar-refractivity contribution in [2.45, 2.75) is 26.8 Å². The van der Waals surface area contributed by atoms with Gasteiger partial charge in [0.2, 0.25) is 5.91 Å². The molecule has 6 nitrogen and oxygen atoms in total. The Hall–Kier alpha value is -3.28. The fourth-order valence-electron chi connectivity index (χ4n) is 3.07. The Morgan fingerprint density at radius 1 is 1.04 bits per heavy atom. The van der Waals surface area contributed by atoms with Crippen molar-refractivity contribution in [3.8, 4) is 0 Å². The Bertz CT molecular complexity index is 904. The first kappa shape index (κ1) is 18.5. The summed E-state index contributed by atoms with van der Waals surface area (Å²) in [7, 11) is 0. The second kappa shape index (κ2) is 7.53. The minimum Gasteiger partial charge on any atom is -0.285 e. The van der Waals surface area contributed by atoms with Crippen LogP contribution >= 0.6 is 0 Å². The Morgan fingerprint density at radius 3 is 2.30 bits per heavy atom. The number of rotatable bonds is 4. The van der Waals surface area contributed by atoms with Gasteiger partial charge in [-0.15, -0.1) is 0 Å². The summed E-state index contributed by atoms with van der Waals surface area (Å²) in [5, 5.41) is 2.26. The van der Waals surface area contributed by atoms with Gasteiger partial charge in [0.1, 0.15) is 0 Å². The molecule has 0 aliphatic carbocycles. The third-order valence-corrected chi connectivity index (χ3v) is 4.55. The van der Waals surface area contributed by atoms with E-state index in [1.165, 1.54) is 0 Å². The molecule has 27 heavy (non-hydrogen) atoms. The summed E-state index contributed by atoms with van der Waals surface area (Å²) < 4.78 is 0. The standard InChI is InChI=1S/C21H21N3O3/c1-13-9-11-17(12-10-13)24-20(26)18(19(25)23-21(24)27)15(3)22-14(2)16-7-5-4-6-8-16/h4-12,14,18H,1-3H3,(H,23,25,27)/t14-,18-/m1/s1. The Kier molecular flexibility index (Phi) is 5.16. The van der Waals surface area contributed by atoms with E-state index in [0.717, 1.165) is 16.0 Å². The highest BCUT2D eigenvalue weighted by Gasteiger charge is 2.42. The molecule has 0 aromatic heterocycles. The molecule has 1 fully saturated rings. The number of benzene rings is 2. The highest BCUT2D eigenvalue weighted by molar-refractivity contribution is 6.35. The number of carbonyl (C=O) groups excluding carboxylic acids is 3. The molecule has 2 aromatic carbocycles. The topological polar surface area (TPSA) is 78.8 Å². The van der Waals surface area contributed by atoms with Crippen LogP contribution in [0, 0.1) is 12.8 Å². The van der Waals surface area contributed by atoms with E-state index in [2.05, 4.69) is 10.3 Å². The number of amides is 4. The molecule has 2 aromatic rings. The smallest absolute Gasteiger partial charge is 0.285 e. The van der Waals surface area contributed by atoms with Crippen LogP contribution in [0.3, 0.4) is 0 Å². The van der Waals surface area contributed by atoms with Crippen molar-refractivity contribution in [2.24, 2.45) is 10.9 Å². The van der Waals surface area contributed by atoms with Crippen molar-refractivity contribution in [1.82, 2.24) is 5.32 Å². The van der Waals surface area contributed by atoms with Crippen molar-refractivity contribution in [1.29, 1.82) is 0 Å². The SMILES string of the molecule is CC(=N[C@H](C)c1ccccc1)[C@@H]1C(=O)NC(=O)N(c2ccc(C)cc2)C1=O. The van der Waals surface area contributed by atoms with E-state index in [1.54, 1.807) is 31.2 Å². The maximum Gasteiger partial charge on any atom is 0.335 e. The molecular weight excluding hydrogens is 342 g/mol. The second-order valence-corrected chi connectivity index (χ2v) is 6.59. The van der Waals surface area contributed by atoms with E-state index in [9.17, 15) is 14.4 Å². The van der Waals surface area contributed by atoms with E-state index in [-0.39, 0.29) is 6.04 Å². The van der Waals surface area contributed by atoms with Gasteiger partial charge in [0.25, 0.3) is 5.91 Å². The Balaban J connectivity index is 1.90. The highest BCUT2D eigenvalue weighted by Crippen LogP contribution is 2.24. The summed E-state index contributed by atoms with van der Waals surface area (Å²) in [5.41, 5.74) is 2.78. The number of nitrogens with one attached hydrogen (secondary N) is 1. The van der Waals surface area contributed by atoms with Crippen LogP contribution in [0.1, 0.15) is 31.0 Å². The van der Waals surface area contributed by atoms with Gasteiger partial charge in [0, 0.05) is 5.71 Å². The number of aliphatic imine (C=N–C) groups is 1. The van der Waals surface area contributed by atoms with Crippen molar-refractivity contribution in [2.75, 3.05) is 4.90 Å². The number of hydrogen-bond acceptors (Lipinski definition) is 4. The van der Waals surface area contributed by atoms with Crippen LogP contribution in [0.4, 0.5) is 10.5 Å². The molecule has 0 bridgehead atoms. The maximum absolute atomic E-state index is 13.0. The Morgan fingerprint density at radius 2 is 1.67 bits per heavy atom. The van der Waals surface area contributed by atoms with E-state index >= 15 is 0 Å². The van der Waals surface area contributed by atoms with Gasteiger partial charge in [0.15, 0.2) is 5.92 Å². The van der Waals surface area contributed by atoms with Crippen LogP contribution in [-0.4, -0.2) is 23.6 Å². The first-order valence-corrected chi connectivity index (χ1v) is 8.73. The van der Waals surface area contributed by atoms with Gasteiger partial charge in [-0.25, -0.2) is 9.69 Å². The normalized spacial score (nSPS) is 19.1. The molecule has 4 amide bonds.